The average Bonchev–Trinajstić information content (AvgIpc) is 2.88. The minimum atomic E-state index is 0.380. The van der Waals surface area contributed by atoms with E-state index in [1.165, 1.54) is 11.5 Å². The number of likely N-dealkylation sites (N-methyl/N-ethyl adjacent to an activating group) is 1. The molecule has 0 bridgehead atoms. The van der Waals surface area contributed by atoms with Crippen molar-refractivity contribution in [3.05, 3.63) is 24.4 Å². The van der Waals surface area contributed by atoms with Crippen molar-refractivity contribution >= 4 is 22.5 Å². The highest BCUT2D eigenvalue weighted by Crippen LogP contribution is 2.26. The van der Waals surface area contributed by atoms with Crippen LogP contribution in [0.3, 0.4) is 0 Å². The van der Waals surface area contributed by atoms with Gasteiger partial charge in [0.05, 0.1) is 12.2 Å². The standard InChI is InChI=1S/C13H18N6S/c1-9(2)12-16-13(20-17-12)18(3)10-7-19(8-10)11-6-14-4-5-15-11/h4-6,9-10H,7-8H2,1-3H3. The van der Waals surface area contributed by atoms with Gasteiger partial charge in [0.2, 0.25) is 5.13 Å². The average molecular weight is 290 g/mol. The van der Waals surface area contributed by atoms with Crippen LogP contribution < -0.4 is 9.80 Å². The molecule has 6 nitrogen and oxygen atoms in total. The van der Waals surface area contributed by atoms with E-state index in [1.807, 2.05) is 0 Å². The van der Waals surface area contributed by atoms with E-state index in [4.69, 9.17) is 0 Å². The van der Waals surface area contributed by atoms with E-state index in [0.717, 1.165) is 29.9 Å². The lowest BCUT2D eigenvalue weighted by molar-refractivity contribution is 0.491. The maximum atomic E-state index is 4.60. The lowest BCUT2D eigenvalue weighted by Crippen LogP contribution is -2.59. The molecule has 1 saturated heterocycles. The summed E-state index contributed by atoms with van der Waals surface area (Å²) in [5.74, 6) is 2.25. The molecule has 0 N–H and O–H groups in total. The molecule has 0 aliphatic carbocycles. The summed E-state index contributed by atoms with van der Waals surface area (Å²) >= 11 is 1.48. The van der Waals surface area contributed by atoms with Gasteiger partial charge in [-0.15, -0.1) is 0 Å². The maximum absolute atomic E-state index is 4.60. The Bertz CT molecular complexity index is 563. The molecule has 0 amide bonds. The minimum Gasteiger partial charge on any atom is -0.351 e. The molecule has 1 aliphatic rings. The number of rotatable bonds is 4. The van der Waals surface area contributed by atoms with E-state index in [9.17, 15) is 0 Å². The molecule has 1 fully saturated rings. The number of hydrogen-bond donors (Lipinski definition) is 0. The second kappa shape index (κ2) is 5.32. The Labute approximate surface area is 122 Å². The van der Waals surface area contributed by atoms with Crippen molar-refractivity contribution in [2.45, 2.75) is 25.8 Å². The Kier molecular flexibility index (Phi) is 3.52. The van der Waals surface area contributed by atoms with Gasteiger partial charge < -0.3 is 9.80 Å². The van der Waals surface area contributed by atoms with E-state index in [0.29, 0.717) is 12.0 Å². The van der Waals surface area contributed by atoms with Crippen molar-refractivity contribution in [2.75, 3.05) is 29.9 Å². The van der Waals surface area contributed by atoms with Crippen molar-refractivity contribution in [1.29, 1.82) is 0 Å². The molecule has 0 radical (unpaired) electrons. The number of hydrogen-bond acceptors (Lipinski definition) is 7. The van der Waals surface area contributed by atoms with E-state index in [-0.39, 0.29) is 0 Å². The molecular weight excluding hydrogens is 272 g/mol. The summed E-state index contributed by atoms with van der Waals surface area (Å²) in [6, 6.07) is 0.463. The van der Waals surface area contributed by atoms with Crippen LogP contribution in [0.1, 0.15) is 25.6 Å². The molecule has 2 aromatic rings. The molecule has 3 heterocycles. The van der Waals surface area contributed by atoms with Crippen molar-refractivity contribution in [2.24, 2.45) is 0 Å². The van der Waals surface area contributed by atoms with Gasteiger partial charge in [-0.1, -0.05) is 13.8 Å². The van der Waals surface area contributed by atoms with Gasteiger partial charge in [-0.25, -0.2) is 9.97 Å². The molecule has 20 heavy (non-hydrogen) atoms. The predicted octanol–water partition coefficient (Wildman–Crippen LogP) is 1.78. The highest BCUT2D eigenvalue weighted by atomic mass is 32.1. The Morgan fingerprint density at radius 1 is 1.35 bits per heavy atom. The molecular formula is C13H18N6S. The zero-order valence-corrected chi connectivity index (χ0v) is 12.7. The van der Waals surface area contributed by atoms with Crippen LogP contribution in [0.4, 0.5) is 10.9 Å². The number of aromatic nitrogens is 4. The zero-order chi connectivity index (χ0) is 14.1. The summed E-state index contributed by atoms with van der Waals surface area (Å²) in [7, 11) is 2.09. The van der Waals surface area contributed by atoms with Gasteiger partial charge in [-0.2, -0.15) is 4.37 Å². The first-order valence-corrected chi connectivity index (χ1v) is 7.50. The zero-order valence-electron chi connectivity index (χ0n) is 11.9. The fraction of sp³-hybridized carbons (Fsp3) is 0.538. The third-order valence-corrected chi connectivity index (χ3v) is 4.35. The Morgan fingerprint density at radius 3 is 2.75 bits per heavy atom. The summed E-state index contributed by atoms with van der Waals surface area (Å²) in [5, 5.41) is 0.998. The molecule has 2 aromatic heterocycles. The van der Waals surface area contributed by atoms with Crippen molar-refractivity contribution < 1.29 is 0 Å². The number of nitrogens with zero attached hydrogens (tertiary/aromatic N) is 6. The molecule has 0 saturated carbocycles. The SMILES string of the molecule is CC(C)c1nsc(N(C)C2CN(c3cnccn3)C2)n1. The smallest absolute Gasteiger partial charge is 0.205 e. The van der Waals surface area contributed by atoms with Crippen molar-refractivity contribution in [3.8, 4) is 0 Å². The molecule has 0 aromatic carbocycles. The highest BCUT2D eigenvalue weighted by Gasteiger charge is 2.32. The third-order valence-electron chi connectivity index (χ3n) is 3.53. The first-order chi connectivity index (χ1) is 9.65. The topological polar surface area (TPSA) is 58.0 Å². The first kappa shape index (κ1) is 13.2. The largest absolute Gasteiger partial charge is 0.351 e. The molecule has 0 spiro atoms. The summed E-state index contributed by atoms with van der Waals surface area (Å²) in [4.78, 5) is 17.5. The normalized spacial score (nSPS) is 15.5. The fourth-order valence-electron chi connectivity index (χ4n) is 2.10. The first-order valence-electron chi connectivity index (χ1n) is 6.72. The number of anilines is 2. The second-order valence-electron chi connectivity index (χ2n) is 5.32. The quantitative estimate of drug-likeness (QED) is 0.855. The Hall–Kier alpha value is -1.76. The summed E-state index contributed by atoms with van der Waals surface area (Å²) < 4.78 is 4.41. The third kappa shape index (κ3) is 2.45. The molecule has 3 rings (SSSR count). The highest BCUT2D eigenvalue weighted by molar-refractivity contribution is 7.09. The van der Waals surface area contributed by atoms with Gasteiger partial charge in [0, 0.05) is 50.0 Å². The van der Waals surface area contributed by atoms with E-state index < -0.39 is 0 Å². The van der Waals surface area contributed by atoms with Crippen LogP contribution in [0.25, 0.3) is 0 Å². The molecule has 106 valence electrons. The van der Waals surface area contributed by atoms with Gasteiger partial charge in [-0.05, 0) is 0 Å². The van der Waals surface area contributed by atoms with Crippen LogP contribution >= 0.6 is 11.5 Å². The molecule has 0 unspecified atom stereocenters. The van der Waals surface area contributed by atoms with Gasteiger partial charge >= 0.3 is 0 Å². The minimum absolute atomic E-state index is 0.380. The molecule has 1 aliphatic heterocycles. The van der Waals surface area contributed by atoms with E-state index >= 15 is 0 Å². The Balaban J connectivity index is 1.61. The van der Waals surface area contributed by atoms with Crippen LogP contribution in [0.2, 0.25) is 0 Å². The fourth-order valence-corrected chi connectivity index (χ4v) is 2.94. The second-order valence-corrected chi connectivity index (χ2v) is 6.05. The maximum Gasteiger partial charge on any atom is 0.205 e. The van der Waals surface area contributed by atoms with Gasteiger partial charge in [0.25, 0.3) is 0 Å². The summed E-state index contributed by atoms with van der Waals surface area (Å²) in [6.45, 7) is 6.13. The monoisotopic (exact) mass is 290 g/mol. The van der Waals surface area contributed by atoms with Crippen LogP contribution in [0, 0.1) is 0 Å². The summed E-state index contributed by atoms with van der Waals surface area (Å²) in [6.07, 6.45) is 5.23. The lowest BCUT2D eigenvalue weighted by atomic mass is 10.1. The predicted molar refractivity (Wildman–Crippen MR) is 80.4 cm³/mol. The van der Waals surface area contributed by atoms with Crippen molar-refractivity contribution in [1.82, 2.24) is 19.3 Å². The van der Waals surface area contributed by atoms with Crippen LogP contribution in [0.5, 0.6) is 0 Å². The van der Waals surface area contributed by atoms with E-state index in [2.05, 4.69) is 50.0 Å². The molecule has 0 atom stereocenters. The summed E-state index contributed by atoms with van der Waals surface area (Å²) in [5.41, 5.74) is 0. The van der Waals surface area contributed by atoms with Crippen LogP contribution in [-0.2, 0) is 0 Å². The lowest BCUT2D eigenvalue weighted by Gasteiger charge is -2.44. The molecule has 7 heteroatoms. The van der Waals surface area contributed by atoms with E-state index in [1.54, 1.807) is 18.6 Å². The van der Waals surface area contributed by atoms with Crippen LogP contribution in [-0.4, -0.2) is 45.5 Å². The Morgan fingerprint density at radius 2 is 2.15 bits per heavy atom. The van der Waals surface area contributed by atoms with Gasteiger partial charge in [0.15, 0.2) is 0 Å². The van der Waals surface area contributed by atoms with Gasteiger partial charge in [-0.3, -0.25) is 4.98 Å². The van der Waals surface area contributed by atoms with Crippen molar-refractivity contribution in [3.63, 3.8) is 0 Å². The van der Waals surface area contributed by atoms with Gasteiger partial charge in [0.1, 0.15) is 11.6 Å². The van der Waals surface area contributed by atoms with Crippen LogP contribution in [0.15, 0.2) is 18.6 Å².